The molecule has 3 aliphatic heterocycles. The van der Waals surface area contributed by atoms with Crippen LogP contribution in [-0.4, -0.2) is 97.3 Å². The van der Waals surface area contributed by atoms with Crippen LogP contribution in [0.1, 0.15) is 18.4 Å². The highest BCUT2D eigenvalue weighted by Gasteiger charge is 2.60. The number of nitrogens with zero attached hydrogens (tertiary/aromatic N) is 4. The van der Waals surface area contributed by atoms with Crippen molar-refractivity contribution in [2.45, 2.75) is 37.8 Å². The van der Waals surface area contributed by atoms with Gasteiger partial charge in [0, 0.05) is 70.0 Å². The van der Waals surface area contributed by atoms with E-state index >= 15 is 0 Å². The summed E-state index contributed by atoms with van der Waals surface area (Å²) in [4.78, 5) is 17.4. The quantitative estimate of drug-likeness (QED) is 0.401. The molecule has 3 heterocycles. The first-order valence-corrected chi connectivity index (χ1v) is 13.0. The molecule has 202 valence electrons. The van der Waals surface area contributed by atoms with Gasteiger partial charge in [-0.05, 0) is 30.7 Å². The summed E-state index contributed by atoms with van der Waals surface area (Å²) in [6.45, 7) is 5.31. The topological polar surface area (TPSA) is 39.3 Å². The molecule has 1 spiro atoms. The van der Waals surface area contributed by atoms with Gasteiger partial charge in [-0.15, -0.1) is 0 Å². The largest absolute Gasteiger partial charge is 0.434 e. The van der Waals surface area contributed by atoms with E-state index in [4.69, 9.17) is 0 Å². The van der Waals surface area contributed by atoms with Gasteiger partial charge in [0.1, 0.15) is 0 Å². The van der Waals surface area contributed by atoms with Crippen LogP contribution >= 0.6 is 11.9 Å². The zero-order chi connectivity index (χ0) is 26.1. The lowest BCUT2D eigenvalue weighted by molar-refractivity contribution is -0.308. The summed E-state index contributed by atoms with van der Waals surface area (Å²) in [6.07, 6.45) is -12.8. The molecule has 6 nitrogen and oxygen atoms in total. The van der Waals surface area contributed by atoms with Gasteiger partial charge in [-0.25, -0.2) is 4.79 Å². The Morgan fingerprint density at radius 2 is 1.61 bits per heavy atom. The molecule has 36 heavy (non-hydrogen) atoms. The van der Waals surface area contributed by atoms with Gasteiger partial charge in [0.2, 0.25) is 0 Å². The Morgan fingerprint density at radius 1 is 0.972 bits per heavy atom. The van der Waals surface area contributed by atoms with Gasteiger partial charge in [0.05, 0.1) is 0 Å². The average Bonchev–Trinajstić information content (AvgIpc) is 3.43. The first-order chi connectivity index (χ1) is 16.9. The van der Waals surface area contributed by atoms with Crippen molar-refractivity contribution in [1.29, 1.82) is 0 Å². The maximum Gasteiger partial charge on any atom is 0.434 e. The van der Waals surface area contributed by atoms with Crippen molar-refractivity contribution in [3.8, 4) is 0 Å². The minimum Gasteiger partial charge on any atom is -0.426 e. The number of ether oxygens (including phenoxy) is 1. The summed E-state index contributed by atoms with van der Waals surface area (Å²) < 4.78 is 82.5. The number of benzene rings is 1. The summed E-state index contributed by atoms with van der Waals surface area (Å²) >= 11 is 1.78. The second-order valence-electron chi connectivity index (χ2n) is 9.71. The number of hydrogen-bond donors (Lipinski definition) is 0. The Kier molecular flexibility index (Phi) is 7.92. The molecule has 1 aromatic carbocycles. The predicted octanol–water partition coefficient (Wildman–Crippen LogP) is 4.61. The molecule has 3 fully saturated rings. The monoisotopic (exact) mass is 540 g/mol. The zero-order valence-electron chi connectivity index (χ0n) is 19.9. The molecule has 3 saturated heterocycles. The first-order valence-electron chi connectivity index (χ1n) is 11.8. The molecule has 1 atom stereocenters. The third-order valence-electron chi connectivity index (χ3n) is 7.27. The highest BCUT2D eigenvalue weighted by molar-refractivity contribution is 7.96. The van der Waals surface area contributed by atoms with Gasteiger partial charge >= 0.3 is 18.4 Å². The third-order valence-corrected chi connectivity index (χ3v) is 8.10. The highest BCUT2D eigenvalue weighted by Crippen LogP contribution is 2.43. The number of hydrogen-bond acceptors (Lipinski definition) is 6. The first kappa shape index (κ1) is 27.2. The SMILES string of the molecule is CSN1CCC2(CCN(c3ccccc3CN3CCN(C(=O)OC(C(F)(F)F)C(F)(F)F)CC3)C2)C1. The van der Waals surface area contributed by atoms with Crippen LogP contribution in [0, 0.1) is 5.41 Å². The second-order valence-corrected chi connectivity index (χ2v) is 10.6. The van der Waals surface area contributed by atoms with E-state index in [9.17, 15) is 31.1 Å². The average molecular weight is 541 g/mol. The Labute approximate surface area is 210 Å². The number of carbonyl (C=O) groups excluding carboxylic acids is 1. The van der Waals surface area contributed by atoms with Crippen LogP contribution in [-0.2, 0) is 11.3 Å². The Hall–Kier alpha value is -1.86. The van der Waals surface area contributed by atoms with Gasteiger partial charge in [-0.1, -0.05) is 30.1 Å². The van der Waals surface area contributed by atoms with Crippen LogP contribution in [0.25, 0.3) is 0 Å². The Balaban J connectivity index is 1.33. The van der Waals surface area contributed by atoms with E-state index in [1.54, 1.807) is 11.9 Å². The highest BCUT2D eigenvalue weighted by atomic mass is 32.2. The lowest BCUT2D eigenvalue weighted by Gasteiger charge is -2.36. The molecule has 0 radical (unpaired) electrons. The van der Waals surface area contributed by atoms with Crippen LogP contribution in [0.15, 0.2) is 24.3 Å². The number of halogens is 6. The second kappa shape index (κ2) is 10.5. The molecular weight excluding hydrogens is 510 g/mol. The van der Waals surface area contributed by atoms with Gasteiger partial charge in [-0.3, -0.25) is 9.21 Å². The van der Waals surface area contributed by atoms with Crippen molar-refractivity contribution in [2.75, 3.05) is 63.5 Å². The van der Waals surface area contributed by atoms with E-state index in [1.807, 2.05) is 23.1 Å². The molecule has 4 rings (SSSR count). The van der Waals surface area contributed by atoms with Crippen molar-refractivity contribution >= 4 is 23.7 Å². The third kappa shape index (κ3) is 6.16. The van der Waals surface area contributed by atoms with Gasteiger partial charge in [0.15, 0.2) is 0 Å². The van der Waals surface area contributed by atoms with Crippen molar-refractivity contribution in [2.24, 2.45) is 5.41 Å². The van der Waals surface area contributed by atoms with E-state index in [1.165, 1.54) is 6.42 Å². The lowest BCUT2D eigenvalue weighted by atomic mass is 9.86. The number of anilines is 1. The van der Waals surface area contributed by atoms with Gasteiger partial charge < -0.3 is 14.5 Å². The summed E-state index contributed by atoms with van der Waals surface area (Å²) in [7, 11) is 0. The molecule has 1 amide bonds. The molecule has 3 aliphatic rings. The summed E-state index contributed by atoms with van der Waals surface area (Å²) in [5.74, 6) is 0. The normalized spacial score (nSPS) is 24.3. The number of amides is 1. The number of para-hydroxylation sites is 1. The smallest absolute Gasteiger partial charge is 0.426 e. The van der Waals surface area contributed by atoms with E-state index in [0.717, 1.165) is 48.8 Å². The Bertz CT molecular complexity index is 911. The number of alkyl halides is 6. The molecule has 1 unspecified atom stereocenters. The predicted molar refractivity (Wildman–Crippen MR) is 125 cm³/mol. The van der Waals surface area contributed by atoms with Crippen LogP contribution < -0.4 is 4.90 Å². The van der Waals surface area contributed by atoms with Crippen LogP contribution in [0.5, 0.6) is 0 Å². The van der Waals surface area contributed by atoms with E-state index in [-0.39, 0.29) is 13.1 Å². The molecular formula is C23H30F6N4O2S. The minimum atomic E-state index is -5.72. The molecule has 1 aromatic rings. The molecule has 13 heteroatoms. The standard InChI is InChI=1S/C23H30F6N4O2S/c1-36-33-9-7-21(16-33)6-8-32(15-21)18-5-3-2-4-17(18)14-30-10-12-31(13-11-30)20(34)35-19(22(24,25)26)23(27,28)29/h2-5,19H,6-16H2,1H3. The zero-order valence-corrected chi connectivity index (χ0v) is 20.8. The lowest BCUT2D eigenvalue weighted by Crippen LogP contribution is -2.52. The molecule has 0 aliphatic carbocycles. The Morgan fingerprint density at radius 3 is 2.22 bits per heavy atom. The van der Waals surface area contributed by atoms with Gasteiger partial charge in [-0.2, -0.15) is 26.3 Å². The van der Waals surface area contributed by atoms with Crippen LogP contribution in [0.4, 0.5) is 36.8 Å². The fourth-order valence-corrected chi connectivity index (χ4v) is 5.98. The number of piperazine rings is 1. The molecule has 0 N–H and O–H groups in total. The molecule has 0 bridgehead atoms. The van der Waals surface area contributed by atoms with Crippen molar-refractivity contribution in [3.05, 3.63) is 29.8 Å². The fourth-order valence-electron chi connectivity index (χ4n) is 5.30. The van der Waals surface area contributed by atoms with Crippen molar-refractivity contribution in [1.82, 2.24) is 14.1 Å². The molecule has 0 aromatic heterocycles. The minimum absolute atomic E-state index is 0.0131. The van der Waals surface area contributed by atoms with E-state index in [2.05, 4.69) is 26.3 Å². The number of carbonyl (C=O) groups is 1. The summed E-state index contributed by atoms with van der Waals surface area (Å²) in [5, 5.41) is 0. The maximum absolute atomic E-state index is 12.7. The maximum atomic E-state index is 12.7. The van der Waals surface area contributed by atoms with Gasteiger partial charge in [0.25, 0.3) is 6.10 Å². The van der Waals surface area contributed by atoms with Crippen molar-refractivity contribution < 1.29 is 35.9 Å². The molecule has 0 saturated carbocycles. The summed E-state index contributed by atoms with van der Waals surface area (Å²) in [6, 6.07) is 8.09. The van der Waals surface area contributed by atoms with Crippen molar-refractivity contribution in [3.63, 3.8) is 0 Å². The van der Waals surface area contributed by atoms with E-state index < -0.39 is 24.5 Å². The fraction of sp³-hybridized carbons (Fsp3) is 0.696. The van der Waals surface area contributed by atoms with Crippen LogP contribution in [0.2, 0.25) is 0 Å². The van der Waals surface area contributed by atoms with E-state index in [0.29, 0.717) is 25.0 Å². The number of rotatable bonds is 5. The van der Waals surface area contributed by atoms with Crippen LogP contribution in [0.3, 0.4) is 0 Å². The summed E-state index contributed by atoms with van der Waals surface area (Å²) in [5.41, 5.74) is 2.56.